The first-order valence-corrected chi connectivity index (χ1v) is 13.1. The lowest BCUT2D eigenvalue weighted by Crippen LogP contribution is -2.44. The maximum atomic E-state index is 12.8. The fraction of sp³-hybridized carbons (Fsp3) is 0.682. The summed E-state index contributed by atoms with van der Waals surface area (Å²) < 4.78 is 12.2. The van der Waals surface area contributed by atoms with Crippen LogP contribution in [0.25, 0.3) is 0 Å². The fourth-order valence-corrected chi connectivity index (χ4v) is 10.2. The molecule has 0 spiro atoms. The van der Waals surface area contributed by atoms with Crippen LogP contribution in [0.3, 0.4) is 0 Å². The standard InChI is InChI=1S/C22H37ClO3Si/c1-8-25-22(24)21(19-11-9-10-12-20(19)23)26-27(13-16(2)3,14-17(4)5)15-18(6)7/h9-12,16-18,21H,8,13-15H2,1-7H3. The number of hydrogen-bond donors (Lipinski definition) is 0. The Bertz CT molecular complexity index is 560. The highest BCUT2D eigenvalue weighted by atomic mass is 35.5. The zero-order valence-corrected chi connectivity index (χ0v) is 19.8. The first kappa shape index (κ1) is 24.2. The summed E-state index contributed by atoms with van der Waals surface area (Å²) in [6.45, 7) is 15.6. The Balaban J connectivity index is 3.37. The molecule has 0 aliphatic heterocycles. The predicted octanol–water partition coefficient (Wildman–Crippen LogP) is 6.87. The van der Waals surface area contributed by atoms with Crippen LogP contribution in [-0.4, -0.2) is 20.9 Å². The van der Waals surface area contributed by atoms with Crippen molar-refractivity contribution >= 4 is 25.9 Å². The molecule has 3 nitrogen and oxygen atoms in total. The van der Waals surface area contributed by atoms with Gasteiger partial charge in [-0.1, -0.05) is 71.3 Å². The van der Waals surface area contributed by atoms with Crippen molar-refractivity contribution in [3.63, 3.8) is 0 Å². The molecule has 0 heterocycles. The molecule has 0 bridgehead atoms. The van der Waals surface area contributed by atoms with Crippen molar-refractivity contribution in [2.24, 2.45) is 17.8 Å². The molecule has 1 aromatic carbocycles. The molecule has 0 aliphatic rings. The van der Waals surface area contributed by atoms with Gasteiger partial charge in [-0.25, -0.2) is 4.79 Å². The lowest BCUT2D eigenvalue weighted by atomic mass is 10.1. The number of ether oxygens (including phenoxy) is 1. The Labute approximate surface area is 171 Å². The molecule has 154 valence electrons. The lowest BCUT2D eigenvalue weighted by Gasteiger charge is -2.38. The van der Waals surface area contributed by atoms with Gasteiger partial charge in [0.1, 0.15) is 0 Å². The molecule has 1 aromatic rings. The Hall–Kier alpha value is -0.843. The van der Waals surface area contributed by atoms with Crippen molar-refractivity contribution in [2.75, 3.05) is 6.61 Å². The number of halogens is 1. The zero-order valence-electron chi connectivity index (χ0n) is 18.0. The molecule has 27 heavy (non-hydrogen) atoms. The molecule has 0 aliphatic carbocycles. The van der Waals surface area contributed by atoms with Crippen molar-refractivity contribution in [1.29, 1.82) is 0 Å². The number of carbonyl (C=O) groups excluding carboxylic acids is 1. The molecule has 0 saturated heterocycles. The van der Waals surface area contributed by atoms with Crippen LogP contribution in [-0.2, 0) is 14.0 Å². The molecule has 0 aromatic heterocycles. The van der Waals surface area contributed by atoms with E-state index in [4.69, 9.17) is 20.8 Å². The third-order valence-corrected chi connectivity index (χ3v) is 10.2. The van der Waals surface area contributed by atoms with E-state index in [0.717, 1.165) is 18.1 Å². The van der Waals surface area contributed by atoms with Crippen LogP contribution in [0.2, 0.25) is 23.2 Å². The van der Waals surface area contributed by atoms with E-state index in [1.54, 1.807) is 0 Å². The molecular formula is C22H37ClO3Si. The highest BCUT2D eigenvalue weighted by molar-refractivity contribution is 6.74. The van der Waals surface area contributed by atoms with Gasteiger partial charge in [-0.2, -0.15) is 0 Å². The van der Waals surface area contributed by atoms with Gasteiger partial charge in [0.2, 0.25) is 0 Å². The first-order valence-electron chi connectivity index (χ1n) is 10.2. The minimum absolute atomic E-state index is 0.330. The topological polar surface area (TPSA) is 35.5 Å². The van der Waals surface area contributed by atoms with Crippen molar-refractivity contribution < 1.29 is 14.0 Å². The lowest BCUT2D eigenvalue weighted by molar-refractivity contribution is -0.152. The molecule has 1 atom stereocenters. The van der Waals surface area contributed by atoms with Gasteiger partial charge in [-0.15, -0.1) is 0 Å². The van der Waals surface area contributed by atoms with E-state index in [-0.39, 0.29) is 5.97 Å². The average Bonchev–Trinajstić information content (AvgIpc) is 2.51. The first-order chi connectivity index (χ1) is 12.6. The van der Waals surface area contributed by atoms with Crippen molar-refractivity contribution in [1.82, 2.24) is 0 Å². The van der Waals surface area contributed by atoms with Crippen molar-refractivity contribution in [3.05, 3.63) is 34.9 Å². The summed E-state index contributed by atoms with van der Waals surface area (Å²) in [4.78, 5) is 12.8. The summed E-state index contributed by atoms with van der Waals surface area (Å²) in [5, 5.41) is 0.553. The van der Waals surface area contributed by atoms with Crippen molar-refractivity contribution in [2.45, 2.75) is 72.7 Å². The molecule has 1 rings (SSSR count). The quantitative estimate of drug-likeness (QED) is 0.293. The minimum atomic E-state index is -2.20. The Morgan fingerprint density at radius 1 is 0.963 bits per heavy atom. The molecule has 1 unspecified atom stereocenters. The van der Waals surface area contributed by atoms with Gasteiger partial charge >= 0.3 is 5.97 Å². The number of esters is 1. The van der Waals surface area contributed by atoms with Crippen LogP contribution in [0.1, 0.15) is 60.1 Å². The number of hydrogen-bond acceptors (Lipinski definition) is 3. The van der Waals surface area contributed by atoms with Crippen LogP contribution < -0.4 is 0 Å². The second-order valence-corrected chi connectivity index (χ2v) is 13.0. The van der Waals surface area contributed by atoms with Gasteiger partial charge < -0.3 is 9.16 Å². The molecule has 0 radical (unpaired) electrons. The molecule has 0 saturated carbocycles. The summed E-state index contributed by atoms with van der Waals surface area (Å²) >= 11 is 6.44. The largest absolute Gasteiger partial charge is 0.464 e. The summed E-state index contributed by atoms with van der Waals surface area (Å²) in [6.07, 6.45) is -0.749. The van der Waals surface area contributed by atoms with Gasteiger partial charge in [-0.3, -0.25) is 0 Å². The smallest absolute Gasteiger partial charge is 0.338 e. The average molecular weight is 413 g/mol. The summed E-state index contributed by atoms with van der Waals surface area (Å²) in [5.74, 6) is 1.22. The van der Waals surface area contributed by atoms with Crippen LogP contribution in [0, 0.1) is 17.8 Å². The van der Waals surface area contributed by atoms with E-state index in [2.05, 4.69) is 41.5 Å². The molecule has 5 heteroatoms. The predicted molar refractivity (Wildman–Crippen MR) is 117 cm³/mol. The molecule has 0 fully saturated rings. The molecule has 0 amide bonds. The van der Waals surface area contributed by atoms with Crippen LogP contribution >= 0.6 is 11.6 Å². The SMILES string of the molecule is CCOC(=O)C(O[Si](CC(C)C)(CC(C)C)CC(C)C)c1ccccc1Cl. The van der Waals surface area contributed by atoms with Crippen LogP contribution in [0.4, 0.5) is 0 Å². The fourth-order valence-electron chi connectivity index (χ4n) is 4.02. The second kappa shape index (κ2) is 11.2. The van der Waals surface area contributed by atoms with E-state index >= 15 is 0 Å². The van der Waals surface area contributed by atoms with E-state index in [0.29, 0.717) is 34.9 Å². The monoisotopic (exact) mass is 412 g/mol. The summed E-state index contributed by atoms with van der Waals surface area (Å²) in [5.41, 5.74) is 0.714. The van der Waals surface area contributed by atoms with Gasteiger partial charge in [0.15, 0.2) is 14.4 Å². The Morgan fingerprint density at radius 2 is 1.44 bits per heavy atom. The normalized spacial score (nSPS) is 13.4. The second-order valence-electron chi connectivity index (χ2n) is 8.75. The highest BCUT2D eigenvalue weighted by Crippen LogP contribution is 2.39. The van der Waals surface area contributed by atoms with E-state index in [1.807, 2.05) is 31.2 Å². The number of benzene rings is 1. The van der Waals surface area contributed by atoms with Gasteiger partial charge in [-0.05, 0) is 48.9 Å². The summed E-state index contributed by atoms with van der Waals surface area (Å²) in [6, 6.07) is 10.5. The number of rotatable bonds is 11. The van der Waals surface area contributed by atoms with Gasteiger partial charge in [0, 0.05) is 10.6 Å². The summed E-state index contributed by atoms with van der Waals surface area (Å²) in [7, 11) is -2.20. The zero-order chi connectivity index (χ0) is 20.6. The Morgan fingerprint density at radius 3 is 1.85 bits per heavy atom. The van der Waals surface area contributed by atoms with E-state index in [1.165, 1.54) is 0 Å². The third-order valence-electron chi connectivity index (χ3n) is 4.40. The van der Waals surface area contributed by atoms with Gasteiger partial charge in [0.05, 0.1) is 6.61 Å². The van der Waals surface area contributed by atoms with Crippen LogP contribution in [0.15, 0.2) is 24.3 Å². The number of carbonyl (C=O) groups is 1. The van der Waals surface area contributed by atoms with Crippen molar-refractivity contribution in [3.8, 4) is 0 Å². The highest BCUT2D eigenvalue weighted by Gasteiger charge is 2.42. The maximum absolute atomic E-state index is 12.8. The third kappa shape index (κ3) is 7.96. The van der Waals surface area contributed by atoms with Gasteiger partial charge in [0.25, 0.3) is 0 Å². The maximum Gasteiger partial charge on any atom is 0.338 e. The van der Waals surface area contributed by atoms with Crippen LogP contribution in [0.5, 0.6) is 0 Å². The minimum Gasteiger partial charge on any atom is -0.464 e. The molecule has 0 N–H and O–H groups in total. The molecular weight excluding hydrogens is 376 g/mol. The Kier molecular flexibility index (Phi) is 10.1. The van der Waals surface area contributed by atoms with E-state index in [9.17, 15) is 4.79 Å². The van der Waals surface area contributed by atoms with E-state index < -0.39 is 14.4 Å².